The summed E-state index contributed by atoms with van der Waals surface area (Å²) in [4.78, 5) is 11.5. The molecule has 1 unspecified atom stereocenters. The maximum absolute atomic E-state index is 5.84. The van der Waals surface area contributed by atoms with E-state index in [1.165, 1.54) is 0 Å². The molecule has 1 aliphatic rings. The lowest BCUT2D eigenvalue weighted by Crippen LogP contribution is -2.42. The van der Waals surface area contributed by atoms with E-state index in [0.29, 0.717) is 12.6 Å². The Morgan fingerprint density at radius 1 is 1.50 bits per heavy atom. The number of hydrogen-bond acceptors (Lipinski definition) is 6. The molecule has 2 rings (SSSR count). The van der Waals surface area contributed by atoms with Crippen molar-refractivity contribution in [1.82, 2.24) is 14.9 Å². The van der Waals surface area contributed by atoms with Crippen molar-refractivity contribution in [2.75, 3.05) is 39.2 Å². The minimum atomic E-state index is -0.0740. The van der Waals surface area contributed by atoms with Gasteiger partial charge in [0, 0.05) is 39.4 Å². The minimum Gasteiger partial charge on any atom is -0.378 e. The summed E-state index contributed by atoms with van der Waals surface area (Å²) in [5.74, 6) is 1.53. The maximum Gasteiger partial charge on any atom is 0.161 e. The Bertz CT molecular complexity index is 439. The number of ether oxygens (including phenoxy) is 2. The molecule has 6 heteroatoms. The van der Waals surface area contributed by atoms with Gasteiger partial charge >= 0.3 is 0 Å². The van der Waals surface area contributed by atoms with Gasteiger partial charge < -0.3 is 14.8 Å². The lowest BCUT2D eigenvalue weighted by molar-refractivity contribution is -0.0444. The molecule has 1 atom stereocenters. The maximum atomic E-state index is 5.84. The number of aromatic nitrogens is 2. The Balaban J connectivity index is 2.19. The summed E-state index contributed by atoms with van der Waals surface area (Å²) >= 11 is 0. The van der Waals surface area contributed by atoms with Gasteiger partial charge in [0.05, 0.1) is 18.9 Å². The molecule has 0 aromatic carbocycles. The first kappa shape index (κ1) is 15.2. The Hall–Kier alpha value is -1.24. The molecule has 2 heterocycles. The number of nitrogens with zero attached hydrogens (tertiary/aromatic N) is 3. The Labute approximate surface area is 120 Å². The minimum absolute atomic E-state index is 0.0740. The van der Waals surface area contributed by atoms with E-state index in [0.717, 1.165) is 37.0 Å². The van der Waals surface area contributed by atoms with E-state index in [2.05, 4.69) is 34.0 Å². The lowest BCUT2D eigenvalue weighted by atomic mass is 10.2. The van der Waals surface area contributed by atoms with Crippen LogP contribution in [0.5, 0.6) is 0 Å². The molecule has 112 valence electrons. The molecule has 0 radical (unpaired) electrons. The van der Waals surface area contributed by atoms with E-state index in [9.17, 15) is 0 Å². The van der Waals surface area contributed by atoms with Crippen LogP contribution in [0.4, 0.5) is 5.82 Å². The highest BCUT2D eigenvalue weighted by molar-refractivity contribution is 5.35. The summed E-state index contributed by atoms with van der Waals surface area (Å²) < 4.78 is 11.0. The zero-order valence-corrected chi connectivity index (χ0v) is 12.7. The lowest BCUT2D eigenvalue weighted by Gasteiger charge is -2.34. The van der Waals surface area contributed by atoms with Crippen LogP contribution in [-0.2, 0) is 16.1 Å². The molecule has 1 aromatic rings. The van der Waals surface area contributed by atoms with Crippen LogP contribution < -0.4 is 5.32 Å². The van der Waals surface area contributed by atoms with Crippen LogP contribution in [0.25, 0.3) is 0 Å². The largest absolute Gasteiger partial charge is 0.378 e. The molecule has 0 spiro atoms. The van der Waals surface area contributed by atoms with Crippen molar-refractivity contribution in [3.8, 4) is 0 Å². The van der Waals surface area contributed by atoms with Crippen LogP contribution >= 0.6 is 0 Å². The molecule has 6 nitrogen and oxygen atoms in total. The van der Waals surface area contributed by atoms with Crippen LogP contribution in [0.15, 0.2) is 6.07 Å². The summed E-state index contributed by atoms with van der Waals surface area (Å²) in [6.07, 6.45) is -0.0740. The van der Waals surface area contributed by atoms with Crippen molar-refractivity contribution in [3.63, 3.8) is 0 Å². The highest BCUT2D eigenvalue weighted by Crippen LogP contribution is 2.22. The summed E-state index contributed by atoms with van der Waals surface area (Å²) in [7, 11) is 3.52. The predicted molar refractivity (Wildman–Crippen MR) is 77.7 cm³/mol. The molecule has 1 aromatic heterocycles. The predicted octanol–water partition coefficient (Wildman–Crippen LogP) is 1.45. The number of hydrogen-bond donors (Lipinski definition) is 1. The molecular formula is C14H24N4O2. The van der Waals surface area contributed by atoms with Gasteiger partial charge in [-0.05, 0) is 13.8 Å². The van der Waals surface area contributed by atoms with Crippen LogP contribution in [0.2, 0.25) is 0 Å². The first-order valence-corrected chi connectivity index (χ1v) is 7.04. The van der Waals surface area contributed by atoms with Gasteiger partial charge in [-0.2, -0.15) is 0 Å². The molecule has 1 fully saturated rings. The molecule has 1 N–H and O–H groups in total. The molecule has 0 amide bonds. The quantitative estimate of drug-likeness (QED) is 0.881. The highest BCUT2D eigenvalue weighted by Gasteiger charge is 2.26. The molecule has 0 saturated carbocycles. The second kappa shape index (κ2) is 6.97. The number of nitrogens with one attached hydrogen (secondary N) is 1. The van der Waals surface area contributed by atoms with Gasteiger partial charge in [-0.3, -0.25) is 4.90 Å². The Morgan fingerprint density at radius 2 is 2.30 bits per heavy atom. The Kier molecular flexibility index (Phi) is 5.28. The molecular weight excluding hydrogens is 256 g/mol. The van der Waals surface area contributed by atoms with Crippen LogP contribution in [0.3, 0.4) is 0 Å². The second-order valence-corrected chi connectivity index (χ2v) is 5.23. The number of rotatable bonds is 5. The summed E-state index contributed by atoms with van der Waals surface area (Å²) in [5.41, 5.74) is 0.868. The zero-order chi connectivity index (χ0) is 14.5. The van der Waals surface area contributed by atoms with Gasteiger partial charge in [0.1, 0.15) is 11.9 Å². The topological polar surface area (TPSA) is 59.5 Å². The molecule has 0 bridgehead atoms. The highest BCUT2D eigenvalue weighted by atomic mass is 16.5. The van der Waals surface area contributed by atoms with Gasteiger partial charge in [-0.25, -0.2) is 9.97 Å². The number of methoxy groups -OCH3 is 1. The normalized spacial score (nSPS) is 20.4. The van der Waals surface area contributed by atoms with Crippen LogP contribution in [0, 0.1) is 0 Å². The number of anilines is 1. The molecule has 1 saturated heterocycles. The SMILES string of the molecule is CNc1cc(COC)nc(C2CN(C(C)C)CCO2)n1. The average molecular weight is 280 g/mol. The van der Waals surface area contributed by atoms with Gasteiger partial charge in [0.2, 0.25) is 0 Å². The van der Waals surface area contributed by atoms with Gasteiger partial charge in [0.25, 0.3) is 0 Å². The number of morpholine rings is 1. The van der Waals surface area contributed by atoms with Crippen LogP contribution in [-0.4, -0.2) is 54.8 Å². The van der Waals surface area contributed by atoms with Gasteiger partial charge in [-0.15, -0.1) is 0 Å². The molecule has 20 heavy (non-hydrogen) atoms. The van der Waals surface area contributed by atoms with Gasteiger partial charge in [0.15, 0.2) is 5.82 Å². The summed E-state index contributed by atoms with van der Waals surface area (Å²) in [6.45, 7) is 7.38. The fourth-order valence-corrected chi connectivity index (χ4v) is 2.31. The standard InChI is InChI=1S/C14H24N4O2/c1-10(2)18-5-6-20-12(8-18)14-16-11(9-19-4)7-13(15-3)17-14/h7,10,12H,5-6,8-9H2,1-4H3,(H,15,16,17). The monoisotopic (exact) mass is 280 g/mol. The molecule has 0 aliphatic carbocycles. The average Bonchev–Trinajstić information content (AvgIpc) is 2.47. The van der Waals surface area contributed by atoms with Crippen molar-refractivity contribution in [2.24, 2.45) is 0 Å². The van der Waals surface area contributed by atoms with E-state index in [4.69, 9.17) is 9.47 Å². The van der Waals surface area contributed by atoms with Crippen molar-refractivity contribution in [3.05, 3.63) is 17.6 Å². The summed E-state index contributed by atoms with van der Waals surface area (Å²) in [6, 6.07) is 2.41. The second-order valence-electron chi connectivity index (χ2n) is 5.23. The first-order valence-electron chi connectivity index (χ1n) is 7.04. The van der Waals surface area contributed by atoms with E-state index >= 15 is 0 Å². The zero-order valence-electron chi connectivity index (χ0n) is 12.7. The summed E-state index contributed by atoms with van der Waals surface area (Å²) in [5, 5.41) is 3.06. The van der Waals surface area contributed by atoms with Gasteiger partial charge in [-0.1, -0.05) is 0 Å². The third-order valence-corrected chi connectivity index (χ3v) is 3.46. The third kappa shape index (κ3) is 3.65. The van der Waals surface area contributed by atoms with E-state index in [1.807, 2.05) is 13.1 Å². The first-order chi connectivity index (χ1) is 9.63. The molecule has 1 aliphatic heterocycles. The van der Waals surface area contributed by atoms with E-state index < -0.39 is 0 Å². The third-order valence-electron chi connectivity index (χ3n) is 3.46. The van der Waals surface area contributed by atoms with Crippen molar-refractivity contribution in [1.29, 1.82) is 0 Å². The smallest absolute Gasteiger partial charge is 0.161 e. The van der Waals surface area contributed by atoms with E-state index in [-0.39, 0.29) is 6.10 Å². The van der Waals surface area contributed by atoms with E-state index in [1.54, 1.807) is 7.11 Å². The van der Waals surface area contributed by atoms with Crippen molar-refractivity contribution >= 4 is 5.82 Å². The Morgan fingerprint density at radius 3 is 2.95 bits per heavy atom. The fraction of sp³-hybridized carbons (Fsp3) is 0.714. The van der Waals surface area contributed by atoms with Crippen molar-refractivity contribution in [2.45, 2.75) is 32.6 Å². The van der Waals surface area contributed by atoms with Crippen LogP contribution in [0.1, 0.15) is 31.5 Å². The van der Waals surface area contributed by atoms with Crippen molar-refractivity contribution < 1.29 is 9.47 Å². The fourth-order valence-electron chi connectivity index (χ4n) is 2.31.